The molecule has 0 radical (unpaired) electrons. The Bertz CT molecular complexity index is 653. The van der Waals surface area contributed by atoms with Crippen molar-refractivity contribution in [2.75, 3.05) is 14.2 Å². The molecule has 0 saturated carbocycles. The van der Waals surface area contributed by atoms with Gasteiger partial charge in [0.1, 0.15) is 5.75 Å². The maximum Gasteiger partial charge on any atom is 0.123 e. The van der Waals surface area contributed by atoms with Gasteiger partial charge in [0.15, 0.2) is 0 Å². The van der Waals surface area contributed by atoms with Crippen LogP contribution < -0.4 is 4.74 Å². The fourth-order valence-corrected chi connectivity index (χ4v) is 2.84. The average molecular weight is 315 g/mol. The Kier molecular flexibility index (Phi) is 4.85. The monoisotopic (exact) mass is 315 g/mol. The van der Waals surface area contributed by atoms with Crippen LogP contribution in [0.4, 0.5) is 0 Å². The third kappa shape index (κ3) is 3.58. The van der Waals surface area contributed by atoms with Crippen molar-refractivity contribution in [3.63, 3.8) is 0 Å². The molecule has 0 aliphatic heterocycles. The Morgan fingerprint density at radius 1 is 1.13 bits per heavy atom. The van der Waals surface area contributed by atoms with Crippen LogP contribution in [-0.4, -0.2) is 28.6 Å². The summed E-state index contributed by atoms with van der Waals surface area (Å²) in [7, 11) is 3.87. The third-order valence-electron chi connectivity index (χ3n) is 4.56. The molecule has 0 saturated heterocycles. The molecule has 0 atom stereocenters. The van der Waals surface area contributed by atoms with Gasteiger partial charge < -0.3 is 9.30 Å². The van der Waals surface area contributed by atoms with Crippen molar-refractivity contribution in [2.24, 2.45) is 0 Å². The van der Waals surface area contributed by atoms with E-state index < -0.39 is 0 Å². The number of imidazole rings is 1. The summed E-state index contributed by atoms with van der Waals surface area (Å²) in [4.78, 5) is 6.68. The Hall–Kier alpha value is -1.81. The summed E-state index contributed by atoms with van der Waals surface area (Å²) < 4.78 is 7.79. The number of para-hydroxylation sites is 1. The quantitative estimate of drug-likeness (QED) is 0.835. The van der Waals surface area contributed by atoms with Crippen LogP contribution in [0.15, 0.2) is 36.8 Å². The van der Waals surface area contributed by atoms with E-state index in [0.717, 1.165) is 12.3 Å². The van der Waals surface area contributed by atoms with E-state index in [0.29, 0.717) is 0 Å². The normalized spacial score (nSPS) is 12.7. The molecule has 4 nitrogen and oxygen atoms in total. The van der Waals surface area contributed by atoms with Gasteiger partial charge in [-0.15, -0.1) is 0 Å². The molecular formula is C19H29N3O. The van der Waals surface area contributed by atoms with Gasteiger partial charge in [-0.05, 0) is 47.7 Å². The molecule has 1 aromatic heterocycles. The molecule has 0 amide bonds. The Morgan fingerprint density at radius 2 is 1.78 bits per heavy atom. The second-order valence-electron chi connectivity index (χ2n) is 7.54. The zero-order valence-corrected chi connectivity index (χ0v) is 15.4. The number of rotatable bonds is 5. The van der Waals surface area contributed by atoms with E-state index >= 15 is 0 Å². The average Bonchev–Trinajstić information content (AvgIpc) is 2.95. The van der Waals surface area contributed by atoms with Gasteiger partial charge in [0.05, 0.1) is 19.1 Å². The zero-order valence-electron chi connectivity index (χ0n) is 15.4. The summed E-state index contributed by atoms with van der Waals surface area (Å²) in [6.45, 7) is 11.9. The number of methoxy groups -OCH3 is 1. The standard InChI is InChI=1S/C19H29N3O/c1-18(2,3)22-14-20-12-15(22)13-21(6)19(4,5)16-10-8-9-11-17(16)23-7/h8-12,14H,13H2,1-7H3. The molecule has 1 heterocycles. The number of benzene rings is 1. The highest BCUT2D eigenvalue weighted by Crippen LogP contribution is 2.34. The topological polar surface area (TPSA) is 30.3 Å². The molecule has 2 rings (SSSR count). The summed E-state index contributed by atoms with van der Waals surface area (Å²) in [6, 6.07) is 8.22. The fraction of sp³-hybridized carbons (Fsp3) is 0.526. The summed E-state index contributed by atoms with van der Waals surface area (Å²) in [6.07, 6.45) is 3.87. The predicted octanol–water partition coefficient (Wildman–Crippen LogP) is 4.01. The third-order valence-corrected chi connectivity index (χ3v) is 4.56. The fourth-order valence-electron chi connectivity index (χ4n) is 2.84. The molecule has 1 aromatic carbocycles. The van der Waals surface area contributed by atoms with E-state index in [2.05, 4.69) is 68.3 Å². The number of hydrogen-bond donors (Lipinski definition) is 0. The van der Waals surface area contributed by atoms with Crippen LogP contribution in [0.3, 0.4) is 0 Å². The molecular weight excluding hydrogens is 286 g/mol. The molecule has 0 spiro atoms. The minimum atomic E-state index is -0.153. The first-order valence-corrected chi connectivity index (χ1v) is 8.04. The maximum atomic E-state index is 5.55. The molecule has 0 fully saturated rings. The Labute approximate surface area is 140 Å². The summed E-state index contributed by atoms with van der Waals surface area (Å²) in [5.74, 6) is 0.925. The molecule has 0 bridgehead atoms. The van der Waals surface area contributed by atoms with Crippen molar-refractivity contribution in [3.05, 3.63) is 48.0 Å². The van der Waals surface area contributed by atoms with Crippen LogP contribution in [0.2, 0.25) is 0 Å². The highest BCUT2D eigenvalue weighted by molar-refractivity contribution is 5.38. The largest absolute Gasteiger partial charge is 0.496 e. The lowest BCUT2D eigenvalue weighted by molar-refractivity contribution is 0.138. The van der Waals surface area contributed by atoms with Gasteiger partial charge >= 0.3 is 0 Å². The van der Waals surface area contributed by atoms with Gasteiger partial charge in [-0.1, -0.05) is 18.2 Å². The second kappa shape index (κ2) is 6.36. The minimum Gasteiger partial charge on any atom is -0.496 e. The number of aromatic nitrogens is 2. The second-order valence-corrected chi connectivity index (χ2v) is 7.54. The van der Waals surface area contributed by atoms with E-state index in [1.54, 1.807) is 7.11 Å². The van der Waals surface area contributed by atoms with E-state index in [1.807, 2.05) is 24.7 Å². The minimum absolute atomic E-state index is 0.0290. The van der Waals surface area contributed by atoms with Crippen molar-refractivity contribution in [2.45, 2.75) is 52.2 Å². The predicted molar refractivity (Wildman–Crippen MR) is 94.7 cm³/mol. The van der Waals surface area contributed by atoms with E-state index in [4.69, 9.17) is 4.74 Å². The molecule has 2 aromatic rings. The highest BCUT2D eigenvalue weighted by atomic mass is 16.5. The zero-order chi connectivity index (χ0) is 17.3. The van der Waals surface area contributed by atoms with Crippen molar-refractivity contribution in [1.82, 2.24) is 14.5 Å². The van der Waals surface area contributed by atoms with Gasteiger partial charge in [0.2, 0.25) is 0 Å². The SMILES string of the molecule is COc1ccccc1C(C)(C)N(C)Cc1cncn1C(C)(C)C. The molecule has 0 aliphatic rings. The first-order valence-electron chi connectivity index (χ1n) is 8.04. The number of ether oxygens (including phenoxy) is 1. The van der Waals surface area contributed by atoms with Gasteiger partial charge in [0.25, 0.3) is 0 Å². The van der Waals surface area contributed by atoms with Crippen molar-refractivity contribution in [3.8, 4) is 5.75 Å². The Balaban J connectivity index is 2.29. The lowest BCUT2D eigenvalue weighted by Crippen LogP contribution is -2.39. The van der Waals surface area contributed by atoms with Crippen LogP contribution in [-0.2, 0) is 17.6 Å². The van der Waals surface area contributed by atoms with Crippen molar-refractivity contribution < 1.29 is 4.74 Å². The van der Waals surface area contributed by atoms with Crippen molar-refractivity contribution >= 4 is 0 Å². The number of nitrogens with zero attached hydrogens (tertiary/aromatic N) is 3. The first-order chi connectivity index (χ1) is 10.7. The van der Waals surface area contributed by atoms with E-state index in [-0.39, 0.29) is 11.1 Å². The van der Waals surface area contributed by atoms with Gasteiger partial charge in [-0.2, -0.15) is 0 Å². The van der Waals surface area contributed by atoms with Gasteiger partial charge in [0, 0.05) is 29.4 Å². The van der Waals surface area contributed by atoms with E-state index in [1.165, 1.54) is 11.3 Å². The van der Waals surface area contributed by atoms with Gasteiger partial charge in [-0.25, -0.2) is 4.98 Å². The lowest BCUT2D eigenvalue weighted by Gasteiger charge is -2.37. The summed E-state index contributed by atoms with van der Waals surface area (Å²) >= 11 is 0. The van der Waals surface area contributed by atoms with Crippen LogP contribution in [0.25, 0.3) is 0 Å². The smallest absolute Gasteiger partial charge is 0.123 e. The van der Waals surface area contributed by atoms with Crippen LogP contribution in [0.5, 0.6) is 5.75 Å². The highest BCUT2D eigenvalue weighted by Gasteiger charge is 2.30. The molecule has 0 N–H and O–H groups in total. The molecule has 0 aliphatic carbocycles. The first kappa shape index (κ1) is 17.5. The summed E-state index contributed by atoms with van der Waals surface area (Å²) in [5, 5.41) is 0. The van der Waals surface area contributed by atoms with Crippen LogP contribution in [0.1, 0.15) is 45.9 Å². The Morgan fingerprint density at radius 3 is 2.39 bits per heavy atom. The lowest BCUT2D eigenvalue weighted by atomic mass is 9.91. The van der Waals surface area contributed by atoms with Crippen LogP contribution in [0, 0.1) is 0 Å². The van der Waals surface area contributed by atoms with Gasteiger partial charge in [-0.3, -0.25) is 4.90 Å². The molecule has 126 valence electrons. The molecule has 23 heavy (non-hydrogen) atoms. The van der Waals surface area contributed by atoms with Crippen LogP contribution >= 0.6 is 0 Å². The number of hydrogen-bond acceptors (Lipinski definition) is 3. The molecule has 4 heteroatoms. The molecule has 0 unspecified atom stereocenters. The summed E-state index contributed by atoms with van der Waals surface area (Å²) in [5.41, 5.74) is 2.27. The van der Waals surface area contributed by atoms with Crippen molar-refractivity contribution in [1.29, 1.82) is 0 Å². The van der Waals surface area contributed by atoms with E-state index in [9.17, 15) is 0 Å². The maximum absolute atomic E-state index is 5.55.